The fraction of sp³-hybridized carbons (Fsp3) is 0.500. The highest BCUT2D eigenvalue weighted by Gasteiger charge is 1.97. The number of phenols is 1. The first-order valence-electron chi connectivity index (χ1n) is 14.2. The number of rotatable bonds is 24. The van der Waals surface area contributed by atoms with E-state index >= 15 is 0 Å². The molecule has 0 spiro atoms. The van der Waals surface area contributed by atoms with Crippen molar-refractivity contribution in [2.75, 3.05) is 91.2 Å². The predicted octanol–water partition coefficient (Wildman–Crippen LogP) is 4.80. The summed E-state index contributed by atoms with van der Waals surface area (Å²) in [6.45, 7) is 12.4. The first kappa shape index (κ1) is 40.4. The molecule has 11 heteroatoms. The van der Waals surface area contributed by atoms with Gasteiger partial charge < -0.3 is 48.5 Å². The van der Waals surface area contributed by atoms with E-state index in [9.17, 15) is 0 Å². The van der Waals surface area contributed by atoms with Crippen LogP contribution in [0.3, 0.4) is 0 Å². The van der Waals surface area contributed by atoms with Gasteiger partial charge in [0.15, 0.2) is 0 Å². The Balaban J connectivity index is 0.000000720. The number of hydrogen-bond acceptors (Lipinski definition) is 10. The highest BCUT2D eigenvalue weighted by Crippen LogP contribution is 2.18. The van der Waals surface area contributed by atoms with Gasteiger partial charge in [0.2, 0.25) is 0 Å². The van der Waals surface area contributed by atoms with Gasteiger partial charge >= 0.3 is 0 Å². The zero-order valence-electron chi connectivity index (χ0n) is 25.1. The SMILES string of the molecule is C=CCCBr.C=CCCOc1ccc(OCCOCCOCCO)cc1.OCCOCCOCCOc1ccc(O)cc1. The van der Waals surface area contributed by atoms with E-state index in [0.717, 1.165) is 29.7 Å². The summed E-state index contributed by atoms with van der Waals surface area (Å²) in [5, 5.41) is 27.1. The normalized spacial score (nSPS) is 10.0. The van der Waals surface area contributed by atoms with Gasteiger partial charge in [-0.25, -0.2) is 0 Å². The first-order chi connectivity index (χ1) is 21.1. The molecule has 3 N–H and O–H groups in total. The number of phenolic OH excluding ortho intramolecular Hbond substituents is 1. The van der Waals surface area contributed by atoms with Crippen LogP contribution in [0.2, 0.25) is 0 Å². The minimum atomic E-state index is 0.0317. The molecular weight excluding hydrogens is 624 g/mol. The average molecular weight is 674 g/mol. The maximum Gasteiger partial charge on any atom is 0.119 e. The lowest BCUT2D eigenvalue weighted by atomic mass is 10.3. The second-order valence-corrected chi connectivity index (χ2v) is 9.04. The van der Waals surface area contributed by atoms with Crippen LogP contribution in [0.25, 0.3) is 0 Å². The summed E-state index contributed by atoms with van der Waals surface area (Å²) in [4.78, 5) is 0. The summed E-state index contributed by atoms with van der Waals surface area (Å²) in [6, 6.07) is 14.0. The van der Waals surface area contributed by atoms with Crippen molar-refractivity contribution in [3.05, 3.63) is 73.8 Å². The average Bonchev–Trinajstić information content (AvgIpc) is 3.02. The fourth-order valence-electron chi connectivity index (χ4n) is 2.72. The van der Waals surface area contributed by atoms with Gasteiger partial charge in [0, 0.05) is 5.33 Å². The van der Waals surface area contributed by atoms with Crippen molar-refractivity contribution >= 4 is 15.9 Å². The minimum absolute atomic E-state index is 0.0317. The van der Waals surface area contributed by atoms with Crippen molar-refractivity contribution < 1.29 is 48.5 Å². The minimum Gasteiger partial charge on any atom is -0.508 e. The Labute approximate surface area is 264 Å². The van der Waals surface area contributed by atoms with Crippen LogP contribution in [0.1, 0.15) is 12.8 Å². The lowest BCUT2D eigenvalue weighted by Crippen LogP contribution is -2.11. The first-order valence-corrected chi connectivity index (χ1v) is 15.3. The molecule has 2 rings (SSSR count). The molecule has 0 unspecified atom stereocenters. The summed E-state index contributed by atoms with van der Waals surface area (Å²) < 4.78 is 37.1. The standard InChI is InChI=1S/C16H24O5.C12H18O5.C4H7Br/c1-2-3-9-20-15-4-6-16(7-5-15)21-14-13-19-12-11-18-10-8-17;13-5-6-15-7-8-16-9-10-17-12-3-1-11(14)2-4-12;1-2-3-4-5/h2,4-7,17H,1,3,8-14H2;1-4,13-14H,5-10H2;2H,1,3-4H2. The molecule has 0 aromatic heterocycles. The molecule has 0 amide bonds. The largest absolute Gasteiger partial charge is 0.508 e. The molecule has 244 valence electrons. The molecule has 0 radical (unpaired) electrons. The van der Waals surface area contributed by atoms with Gasteiger partial charge in [0.05, 0.1) is 72.7 Å². The second kappa shape index (κ2) is 32.3. The zero-order chi connectivity index (χ0) is 31.6. The van der Waals surface area contributed by atoms with Gasteiger partial charge in [-0.05, 0) is 61.4 Å². The molecule has 0 aliphatic heterocycles. The Hall–Kier alpha value is -2.64. The Morgan fingerprint density at radius 3 is 1.21 bits per heavy atom. The number of ether oxygens (including phenoxy) is 7. The van der Waals surface area contributed by atoms with Crippen LogP contribution >= 0.6 is 15.9 Å². The third-order valence-corrected chi connectivity index (χ3v) is 5.23. The van der Waals surface area contributed by atoms with E-state index in [1.54, 1.807) is 24.3 Å². The Morgan fingerprint density at radius 2 is 0.860 bits per heavy atom. The second-order valence-electron chi connectivity index (χ2n) is 8.25. The van der Waals surface area contributed by atoms with Crippen LogP contribution < -0.4 is 14.2 Å². The molecular formula is C32H49BrO10. The molecule has 2 aromatic carbocycles. The molecule has 0 saturated carbocycles. The molecule has 0 fully saturated rings. The van der Waals surface area contributed by atoms with Crippen molar-refractivity contribution in [1.29, 1.82) is 0 Å². The van der Waals surface area contributed by atoms with Crippen molar-refractivity contribution in [3.63, 3.8) is 0 Å². The molecule has 10 nitrogen and oxygen atoms in total. The van der Waals surface area contributed by atoms with Crippen molar-refractivity contribution in [1.82, 2.24) is 0 Å². The van der Waals surface area contributed by atoms with Gasteiger partial charge in [-0.1, -0.05) is 28.1 Å². The van der Waals surface area contributed by atoms with Crippen LogP contribution in [0, 0.1) is 0 Å². The highest BCUT2D eigenvalue weighted by atomic mass is 79.9. The highest BCUT2D eigenvalue weighted by molar-refractivity contribution is 9.09. The maximum atomic E-state index is 9.06. The molecule has 0 heterocycles. The van der Waals surface area contributed by atoms with E-state index in [0.29, 0.717) is 78.4 Å². The number of aromatic hydroxyl groups is 1. The molecule has 0 saturated heterocycles. The number of alkyl halides is 1. The summed E-state index contributed by atoms with van der Waals surface area (Å²) in [7, 11) is 0. The summed E-state index contributed by atoms with van der Waals surface area (Å²) in [5.41, 5.74) is 0. The van der Waals surface area contributed by atoms with Crippen LogP contribution in [0.4, 0.5) is 0 Å². The van der Waals surface area contributed by atoms with Crippen molar-refractivity contribution in [2.45, 2.75) is 12.8 Å². The monoisotopic (exact) mass is 672 g/mol. The van der Waals surface area contributed by atoms with E-state index in [-0.39, 0.29) is 19.0 Å². The third-order valence-electron chi connectivity index (χ3n) is 4.77. The van der Waals surface area contributed by atoms with Crippen molar-refractivity contribution in [3.8, 4) is 23.0 Å². The Kier molecular flexibility index (Phi) is 30.3. The maximum absolute atomic E-state index is 9.06. The quantitative estimate of drug-likeness (QED) is 0.0814. The number of hydrogen-bond donors (Lipinski definition) is 3. The fourth-order valence-corrected chi connectivity index (χ4v) is 3.05. The molecule has 0 bridgehead atoms. The predicted molar refractivity (Wildman–Crippen MR) is 172 cm³/mol. The van der Waals surface area contributed by atoms with Crippen LogP contribution in [-0.2, 0) is 18.9 Å². The molecule has 43 heavy (non-hydrogen) atoms. The van der Waals surface area contributed by atoms with Gasteiger partial charge in [-0.2, -0.15) is 0 Å². The van der Waals surface area contributed by atoms with Crippen LogP contribution in [0.5, 0.6) is 23.0 Å². The summed E-state index contributed by atoms with van der Waals surface area (Å²) in [6.07, 6.45) is 5.61. The number of benzene rings is 2. The third kappa shape index (κ3) is 27.9. The van der Waals surface area contributed by atoms with Gasteiger partial charge in [0.25, 0.3) is 0 Å². The van der Waals surface area contributed by atoms with Gasteiger partial charge in [-0.3, -0.25) is 0 Å². The number of aliphatic hydroxyl groups is 2. The molecule has 0 aliphatic rings. The zero-order valence-corrected chi connectivity index (χ0v) is 26.7. The summed E-state index contributed by atoms with van der Waals surface area (Å²) in [5.74, 6) is 2.52. The van der Waals surface area contributed by atoms with Gasteiger partial charge in [0.1, 0.15) is 36.2 Å². The van der Waals surface area contributed by atoms with Gasteiger partial charge in [-0.15, -0.1) is 13.2 Å². The van der Waals surface area contributed by atoms with E-state index < -0.39 is 0 Å². The number of halogens is 1. The van der Waals surface area contributed by atoms with Crippen molar-refractivity contribution in [2.24, 2.45) is 0 Å². The van der Waals surface area contributed by atoms with Crippen LogP contribution in [0.15, 0.2) is 73.8 Å². The number of allylic oxidation sites excluding steroid dienone is 1. The number of aliphatic hydroxyl groups excluding tert-OH is 2. The Bertz CT molecular complexity index is 865. The Morgan fingerprint density at radius 1 is 0.512 bits per heavy atom. The smallest absolute Gasteiger partial charge is 0.119 e. The van der Waals surface area contributed by atoms with E-state index in [4.69, 9.17) is 48.5 Å². The van der Waals surface area contributed by atoms with E-state index in [1.807, 2.05) is 36.4 Å². The molecule has 2 aromatic rings. The summed E-state index contributed by atoms with van der Waals surface area (Å²) >= 11 is 3.24. The van der Waals surface area contributed by atoms with Crippen LogP contribution in [-0.4, -0.2) is 107 Å². The topological polar surface area (TPSA) is 125 Å². The molecule has 0 aliphatic carbocycles. The van der Waals surface area contributed by atoms with E-state index in [2.05, 4.69) is 29.1 Å². The lowest BCUT2D eigenvalue weighted by molar-refractivity contribution is 0.0247. The molecule has 0 atom stereocenters. The van der Waals surface area contributed by atoms with E-state index in [1.165, 1.54) is 0 Å². The lowest BCUT2D eigenvalue weighted by Gasteiger charge is -2.09.